The van der Waals surface area contributed by atoms with Gasteiger partial charge in [-0.15, -0.1) is 0 Å². The van der Waals surface area contributed by atoms with Gasteiger partial charge in [0.2, 0.25) is 5.91 Å². The van der Waals surface area contributed by atoms with Crippen LogP contribution in [0.25, 0.3) is 11.0 Å². The first-order valence-electron chi connectivity index (χ1n) is 11.2. The Morgan fingerprint density at radius 2 is 1.81 bits per heavy atom. The normalized spacial score (nSPS) is 19.5. The van der Waals surface area contributed by atoms with Gasteiger partial charge in [-0.2, -0.15) is 4.98 Å². The molecular weight excluding hydrogens is 406 g/mol. The smallest absolute Gasteiger partial charge is 0.297 e. The molecule has 0 bridgehead atoms. The molecule has 7 heteroatoms. The highest BCUT2D eigenvalue weighted by molar-refractivity contribution is 5.78. The zero-order valence-electron chi connectivity index (χ0n) is 18.9. The first-order valence-corrected chi connectivity index (χ1v) is 11.2. The van der Waals surface area contributed by atoms with Crippen LogP contribution in [0.1, 0.15) is 39.5 Å². The van der Waals surface area contributed by atoms with Crippen molar-refractivity contribution in [2.24, 2.45) is 7.05 Å². The van der Waals surface area contributed by atoms with Crippen LogP contribution in [0.4, 0.5) is 0 Å². The van der Waals surface area contributed by atoms with Crippen molar-refractivity contribution in [1.82, 2.24) is 14.9 Å². The van der Waals surface area contributed by atoms with Crippen LogP contribution in [-0.4, -0.2) is 40.3 Å². The second-order valence-electron chi connectivity index (χ2n) is 8.47. The minimum atomic E-state index is -0.0283. The fourth-order valence-corrected chi connectivity index (χ4v) is 4.08. The third kappa shape index (κ3) is 5.59. The maximum atomic E-state index is 11.1. The molecule has 170 valence electrons. The van der Waals surface area contributed by atoms with E-state index in [9.17, 15) is 4.79 Å². The summed E-state index contributed by atoms with van der Waals surface area (Å²) in [5.74, 6) is 1.54. The summed E-state index contributed by atoms with van der Waals surface area (Å²) < 4.78 is 20.2. The minimum Gasteiger partial charge on any atom is -0.461 e. The van der Waals surface area contributed by atoms with Gasteiger partial charge in [-0.25, -0.2) is 0 Å². The van der Waals surface area contributed by atoms with Gasteiger partial charge < -0.3 is 19.5 Å². The average Bonchev–Trinajstić information content (AvgIpc) is 3.08. The number of aryl methyl sites for hydroxylation is 1. The highest BCUT2D eigenvalue weighted by Crippen LogP contribution is 2.30. The summed E-state index contributed by atoms with van der Waals surface area (Å²) in [5.41, 5.74) is 1.85. The Labute approximate surface area is 188 Å². The number of benzene rings is 2. The molecule has 2 aromatic carbocycles. The summed E-state index contributed by atoms with van der Waals surface area (Å²) >= 11 is 0. The van der Waals surface area contributed by atoms with E-state index in [1.54, 1.807) is 0 Å². The Hall–Kier alpha value is -3.06. The van der Waals surface area contributed by atoms with E-state index in [1.165, 1.54) is 6.92 Å². The number of carbonyl (C=O) groups is 1. The van der Waals surface area contributed by atoms with Crippen LogP contribution in [0, 0.1) is 0 Å². The molecule has 1 saturated carbocycles. The molecule has 0 aliphatic heterocycles. The molecule has 1 fully saturated rings. The molecular formula is C25H31N3O4. The molecule has 0 spiro atoms. The minimum absolute atomic E-state index is 0.0252. The highest BCUT2D eigenvalue weighted by atomic mass is 16.5. The zero-order chi connectivity index (χ0) is 22.5. The van der Waals surface area contributed by atoms with Gasteiger partial charge >= 0.3 is 0 Å². The summed E-state index contributed by atoms with van der Waals surface area (Å²) in [7, 11) is 1.97. The van der Waals surface area contributed by atoms with Gasteiger partial charge in [0.1, 0.15) is 17.6 Å². The predicted molar refractivity (Wildman–Crippen MR) is 123 cm³/mol. The lowest BCUT2D eigenvalue weighted by molar-refractivity contribution is -0.120. The van der Waals surface area contributed by atoms with E-state index in [2.05, 4.69) is 10.3 Å². The number of fused-ring (bicyclic) bond motifs is 1. The number of hydrogen-bond donors (Lipinski definition) is 1. The Morgan fingerprint density at radius 1 is 1.09 bits per heavy atom. The summed E-state index contributed by atoms with van der Waals surface area (Å²) in [6.45, 7) is 4.02. The Kier molecular flexibility index (Phi) is 6.95. The number of nitrogens with zero attached hydrogens (tertiary/aromatic N) is 2. The molecule has 32 heavy (non-hydrogen) atoms. The number of nitrogens with one attached hydrogen (secondary N) is 1. The molecule has 0 saturated heterocycles. The van der Waals surface area contributed by atoms with Gasteiger partial charge in [0, 0.05) is 26.1 Å². The number of carbonyl (C=O) groups excluding carboxylic acids is 1. The van der Waals surface area contributed by atoms with E-state index >= 15 is 0 Å². The fraction of sp³-hybridized carbons (Fsp3) is 0.440. The number of para-hydroxylation sites is 1. The van der Waals surface area contributed by atoms with Crippen LogP contribution in [-0.2, 0) is 16.6 Å². The van der Waals surface area contributed by atoms with Crippen LogP contribution < -0.4 is 14.8 Å². The number of aromatic nitrogens is 2. The van der Waals surface area contributed by atoms with Crippen molar-refractivity contribution in [3.63, 3.8) is 0 Å². The number of ether oxygens (including phenoxy) is 3. The lowest BCUT2D eigenvalue weighted by Gasteiger charge is -2.29. The summed E-state index contributed by atoms with van der Waals surface area (Å²) in [6, 6.07) is 16.3. The Morgan fingerprint density at radius 3 is 2.53 bits per heavy atom. The molecule has 7 nitrogen and oxygen atoms in total. The molecule has 1 N–H and O–H groups in total. The van der Waals surface area contributed by atoms with Crippen molar-refractivity contribution in [2.45, 2.75) is 57.8 Å². The summed E-state index contributed by atoms with van der Waals surface area (Å²) in [5, 5.41) is 2.85. The van der Waals surface area contributed by atoms with Gasteiger partial charge in [-0.05, 0) is 56.9 Å². The third-order valence-electron chi connectivity index (χ3n) is 5.72. The van der Waals surface area contributed by atoms with Gasteiger partial charge in [-0.1, -0.05) is 18.2 Å². The molecule has 1 amide bonds. The molecule has 1 aliphatic rings. The van der Waals surface area contributed by atoms with Gasteiger partial charge in [-0.3, -0.25) is 9.36 Å². The van der Waals surface area contributed by atoms with E-state index in [-0.39, 0.29) is 24.2 Å². The first-order chi connectivity index (χ1) is 15.5. The summed E-state index contributed by atoms with van der Waals surface area (Å²) in [6.07, 6.45) is 4.06. The van der Waals surface area contributed by atoms with Crippen LogP contribution in [0.2, 0.25) is 0 Å². The summed E-state index contributed by atoms with van der Waals surface area (Å²) in [4.78, 5) is 15.8. The monoisotopic (exact) mass is 437 g/mol. The van der Waals surface area contributed by atoms with E-state index in [0.717, 1.165) is 48.2 Å². The van der Waals surface area contributed by atoms with Gasteiger partial charge in [0.25, 0.3) is 6.01 Å². The quantitative estimate of drug-likeness (QED) is 0.558. The average molecular weight is 438 g/mol. The Bertz CT molecular complexity index is 1040. The van der Waals surface area contributed by atoms with E-state index in [0.29, 0.717) is 12.6 Å². The lowest BCUT2D eigenvalue weighted by Crippen LogP contribution is -2.37. The molecule has 1 heterocycles. The molecule has 0 unspecified atom stereocenters. The predicted octanol–water partition coefficient (Wildman–Crippen LogP) is 4.60. The maximum absolute atomic E-state index is 11.1. The zero-order valence-corrected chi connectivity index (χ0v) is 18.9. The Balaban J connectivity index is 1.33. The SMILES string of the molecule is CC(=O)N[C@@H](C)COC1CCC(Oc2nc3ccc(Oc4ccccc4)cc3n2C)CC1. The van der Waals surface area contributed by atoms with E-state index in [4.69, 9.17) is 14.2 Å². The molecule has 3 aromatic rings. The van der Waals surface area contributed by atoms with E-state index in [1.807, 2.05) is 67.1 Å². The van der Waals surface area contributed by atoms with Crippen molar-refractivity contribution >= 4 is 16.9 Å². The first kappa shape index (κ1) is 22.1. The molecule has 0 radical (unpaired) electrons. The highest BCUT2D eigenvalue weighted by Gasteiger charge is 2.25. The van der Waals surface area contributed by atoms with Crippen molar-refractivity contribution in [2.75, 3.05) is 6.61 Å². The molecule has 4 rings (SSSR count). The third-order valence-corrected chi connectivity index (χ3v) is 5.72. The number of imidazole rings is 1. The van der Waals surface area contributed by atoms with Gasteiger partial charge in [0.15, 0.2) is 0 Å². The van der Waals surface area contributed by atoms with Crippen LogP contribution in [0.3, 0.4) is 0 Å². The topological polar surface area (TPSA) is 74.6 Å². The van der Waals surface area contributed by atoms with Crippen molar-refractivity contribution in [1.29, 1.82) is 0 Å². The largest absolute Gasteiger partial charge is 0.461 e. The standard InChI is InChI=1S/C25H31N3O4/c1-17(26-18(2)29)16-30-19-9-11-21(12-10-19)32-25-27-23-14-13-22(15-24(23)28(25)3)31-20-7-5-4-6-8-20/h4-8,13-15,17,19,21H,9-12,16H2,1-3H3,(H,26,29)/t17-,19?,21?/m0/s1. The van der Waals surface area contributed by atoms with E-state index < -0.39 is 0 Å². The lowest BCUT2D eigenvalue weighted by atomic mass is 9.95. The molecule has 1 aliphatic carbocycles. The molecule has 1 atom stereocenters. The maximum Gasteiger partial charge on any atom is 0.297 e. The number of amides is 1. The number of rotatable bonds is 8. The second kappa shape index (κ2) is 10.0. The second-order valence-corrected chi connectivity index (χ2v) is 8.47. The van der Waals surface area contributed by atoms with Crippen LogP contribution in [0.15, 0.2) is 48.5 Å². The van der Waals surface area contributed by atoms with Gasteiger partial charge in [0.05, 0.1) is 23.7 Å². The fourth-order valence-electron chi connectivity index (χ4n) is 4.08. The van der Waals surface area contributed by atoms with Crippen molar-refractivity contribution in [3.05, 3.63) is 48.5 Å². The molecule has 1 aromatic heterocycles. The van der Waals surface area contributed by atoms with Crippen molar-refractivity contribution < 1.29 is 19.0 Å². The number of hydrogen-bond acceptors (Lipinski definition) is 5. The van der Waals surface area contributed by atoms with Crippen LogP contribution in [0.5, 0.6) is 17.5 Å². The van der Waals surface area contributed by atoms with Crippen molar-refractivity contribution in [3.8, 4) is 17.5 Å². The van der Waals surface area contributed by atoms with Crippen LogP contribution >= 0.6 is 0 Å².